The minimum Gasteiger partial charge on any atom is -0.726 e. The Balaban J connectivity index is 2.07. The van der Waals surface area contributed by atoms with Gasteiger partial charge in [0, 0.05) is 6.61 Å². The van der Waals surface area contributed by atoms with Gasteiger partial charge in [0.15, 0.2) is 5.79 Å². The minimum atomic E-state index is -4.69. The van der Waals surface area contributed by atoms with Gasteiger partial charge < -0.3 is 23.5 Å². The molecule has 8 nitrogen and oxygen atoms in total. The molecule has 2 atom stereocenters. The molecule has 27 heavy (non-hydrogen) atoms. The highest BCUT2D eigenvalue weighted by atomic mass is 32.3. The Kier molecular flexibility index (Phi) is 12.7. The fourth-order valence-electron chi connectivity index (χ4n) is 2.87. The van der Waals surface area contributed by atoms with Crippen molar-refractivity contribution in [1.82, 2.24) is 0 Å². The molecule has 0 radical (unpaired) electrons. The summed E-state index contributed by atoms with van der Waals surface area (Å²) in [4.78, 5) is 0. The van der Waals surface area contributed by atoms with Crippen molar-refractivity contribution in [2.45, 2.75) is 77.1 Å². The van der Waals surface area contributed by atoms with Gasteiger partial charge in [0.05, 0.1) is 32.5 Å². The number of hydrogen-bond donors (Lipinski definition) is 0. The van der Waals surface area contributed by atoms with Crippen LogP contribution >= 0.6 is 0 Å². The summed E-state index contributed by atoms with van der Waals surface area (Å²) in [6.45, 7) is 5.53. The molecule has 0 N–H and O–H groups in total. The molecule has 0 aromatic rings. The lowest BCUT2D eigenvalue weighted by Gasteiger charge is -2.38. The lowest BCUT2D eigenvalue weighted by Crippen LogP contribution is -2.47. The van der Waals surface area contributed by atoms with Crippen molar-refractivity contribution < 1.29 is 36.1 Å². The van der Waals surface area contributed by atoms with Crippen molar-refractivity contribution in [2.75, 3.05) is 39.6 Å². The molecule has 1 aliphatic heterocycles. The van der Waals surface area contributed by atoms with Crippen molar-refractivity contribution in [2.24, 2.45) is 0 Å². The Morgan fingerprint density at radius 2 is 1.74 bits per heavy atom. The SMILES string of the molecule is CCCCCCCCCOCC1CCOC(C)(COCCOS(=O)(=O)[O-])O1. The second-order valence-corrected chi connectivity index (χ2v) is 8.04. The molecule has 0 aliphatic carbocycles. The van der Waals surface area contributed by atoms with E-state index in [-0.39, 0.29) is 25.9 Å². The average molecular weight is 412 g/mol. The lowest BCUT2D eigenvalue weighted by atomic mass is 10.1. The number of unbranched alkanes of at least 4 members (excludes halogenated alkanes) is 6. The predicted molar refractivity (Wildman–Crippen MR) is 99.1 cm³/mol. The van der Waals surface area contributed by atoms with Crippen molar-refractivity contribution in [3.05, 3.63) is 0 Å². The minimum absolute atomic E-state index is 0.0385. The van der Waals surface area contributed by atoms with E-state index >= 15 is 0 Å². The van der Waals surface area contributed by atoms with Crippen LogP contribution in [-0.2, 0) is 33.5 Å². The third-order valence-electron chi connectivity index (χ3n) is 4.28. The number of hydrogen-bond acceptors (Lipinski definition) is 8. The van der Waals surface area contributed by atoms with Gasteiger partial charge in [-0.05, 0) is 19.8 Å². The molecular weight excluding hydrogens is 376 g/mol. The van der Waals surface area contributed by atoms with Crippen LogP contribution in [0.15, 0.2) is 0 Å². The van der Waals surface area contributed by atoms with Crippen LogP contribution in [-0.4, -0.2) is 64.5 Å². The molecule has 0 spiro atoms. The first-order chi connectivity index (χ1) is 12.8. The summed E-state index contributed by atoms with van der Waals surface area (Å²) in [6, 6.07) is 0. The van der Waals surface area contributed by atoms with Crippen LogP contribution < -0.4 is 0 Å². The maximum Gasteiger partial charge on any atom is 0.217 e. The topological polar surface area (TPSA) is 103 Å². The maximum atomic E-state index is 10.3. The third kappa shape index (κ3) is 13.5. The molecule has 162 valence electrons. The van der Waals surface area contributed by atoms with Gasteiger partial charge in [-0.15, -0.1) is 0 Å². The number of ether oxygens (including phenoxy) is 4. The van der Waals surface area contributed by atoms with E-state index in [1.165, 1.54) is 38.5 Å². The normalized spacial score (nSPS) is 23.6. The summed E-state index contributed by atoms with van der Waals surface area (Å²) < 4.78 is 57.6. The first-order valence-corrected chi connectivity index (χ1v) is 11.3. The Morgan fingerprint density at radius 3 is 2.44 bits per heavy atom. The standard InChI is InChI=1S/C18H36O8S/c1-3-4-5-6-7-8-9-11-22-15-17-10-12-24-18(2,26-17)16-23-13-14-25-27(19,20)21/h17H,3-16H2,1-2H3,(H,19,20,21)/p-1. The molecule has 0 amide bonds. The van der Waals surface area contributed by atoms with Gasteiger partial charge >= 0.3 is 0 Å². The van der Waals surface area contributed by atoms with Gasteiger partial charge in [0.25, 0.3) is 0 Å². The summed E-state index contributed by atoms with van der Waals surface area (Å²) in [5.74, 6) is -0.915. The molecule has 0 bridgehead atoms. The molecular formula is C18H35O8S-. The van der Waals surface area contributed by atoms with E-state index in [4.69, 9.17) is 18.9 Å². The Bertz CT molecular complexity index is 470. The molecule has 0 saturated carbocycles. The summed E-state index contributed by atoms with van der Waals surface area (Å²) in [5.41, 5.74) is 0. The van der Waals surface area contributed by atoms with Gasteiger partial charge in [-0.3, -0.25) is 4.18 Å². The van der Waals surface area contributed by atoms with Crippen molar-refractivity contribution in [1.29, 1.82) is 0 Å². The van der Waals surface area contributed by atoms with E-state index in [1.807, 2.05) is 0 Å². The van der Waals surface area contributed by atoms with Crippen LogP contribution in [0, 0.1) is 0 Å². The predicted octanol–water partition coefficient (Wildman–Crippen LogP) is 2.77. The van der Waals surface area contributed by atoms with Gasteiger partial charge in [-0.2, -0.15) is 0 Å². The van der Waals surface area contributed by atoms with Crippen LogP contribution in [0.4, 0.5) is 0 Å². The van der Waals surface area contributed by atoms with Gasteiger partial charge in [0.2, 0.25) is 10.4 Å². The van der Waals surface area contributed by atoms with E-state index < -0.39 is 16.2 Å². The number of rotatable bonds is 16. The molecule has 1 rings (SSSR count). The monoisotopic (exact) mass is 411 g/mol. The highest BCUT2D eigenvalue weighted by Crippen LogP contribution is 2.23. The Hall–Kier alpha value is -0.290. The highest BCUT2D eigenvalue weighted by Gasteiger charge is 2.34. The molecule has 0 aromatic heterocycles. The van der Waals surface area contributed by atoms with Gasteiger partial charge in [0.1, 0.15) is 6.61 Å². The van der Waals surface area contributed by atoms with E-state index in [0.29, 0.717) is 13.2 Å². The molecule has 9 heteroatoms. The summed E-state index contributed by atoms with van der Waals surface area (Å²) >= 11 is 0. The molecule has 1 saturated heterocycles. The van der Waals surface area contributed by atoms with Crippen molar-refractivity contribution in [3.8, 4) is 0 Å². The first kappa shape index (κ1) is 24.7. The maximum absolute atomic E-state index is 10.3. The van der Waals surface area contributed by atoms with Crippen LogP contribution in [0.25, 0.3) is 0 Å². The molecule has 1 fully saturated rings. The zero-order valence-corrected chi connectivity index (χ0v) is 17.5. The second kappa shape index (κ2) is 13.8. The summed E-state index contributed by atoms with van der Waals surface area (Å²) in [7, 11) is -4.69. The van der Waals surface area contributed by atoms with Crippen molar-refractivity contribution >= 4 is 10.4 Å². The molecule has 0 aromatic carbocycles. The quantitative estimate of drug-likeness (QED) is 0.217. The van der Waals surface area contributed by atoms with Crippen LogP contribution in [0.5, 0.6) is 0 Å². The highest BCUT2D eigenvalue weighted by molar-refractivity contribution is 7.80. The fourth-order valence-corrected chi connectivity index (χ4v) is 3.15. The van der Waals surface area contributed by atoms with Gasteiger partial charge in [-0.1, -0.05) is 45.4 Å². The Morgan fingerprint density at radius 1 is 1.04 bits per heavy atom. The van der Waals surface area contributed by atoms with Crippen LogP contribution in [0.1, 0.15) is 65.2 Å². The van der Waals surface area contributed by atoms with Crippen molar-refractivity contribution in [3.63, 3.8) is 0 Å². The lowest BCUT2D eigenvalue weighted by molar-refractivity contribution is -0.306. The largest absolute Gasteiger partial charge is 0.726 e. The summed E-state index contributed by atoms with van der Waals surface area (Å²) in [6.07, 6.45) is 9.46. The average Bonchev–Trinajstić information content (AvgIpc) is 2.59. The zero-order valence-electron chi connectivity index (χ0n) is 16.7. The Labute approximate surface area is 163 Å². The smallest absolute Gasteiger partial charge is 0.217 e. The van der Waals surface area contributed by atoms with Crippen LogP contribution in [0.3, 0.4) is 0 Å². The second-order valence-electron chi connectivity index (χ2n) is 6.99. The van der Waals surface area contributed by atoms with E-state index in [0.717, 1.165) is 19.4 Å². The summed E-state index contributed by atoms with van der Waals surface area (Å²) in [5, 5.41) is 0. The molecule has 2 unspecified atom stereocenters. The van der Waals surface area contributed by atoms with E-state index in [1.54, 1.807) is 6.92 Å². The van der Waals surface area contributed by atoms with Gasteiger partial charge in [-0.25, -0.2) is 8.42 Å². The first-order valence-electron chi connectivity index (χ1n) is 9.92. The zero-order chi connectivity index (χ0) is 20.0. The van der Waals surface area contributed by atoms with E-state index in [9.17, 15) is 13.0 Å². The fraction of sp³-hybridized carbons (Fsp3) is 1.00. The molecule has 1 heterocycles. The van der Waals surface area contributed by atoms with Crippen LogP contribution in [0.2, 0.25) is 0 Å². The molecule has 1 aliphatic rings. The third-order valence-corrected chi connectivity index (χ3v) is 4.73. The van der Waals surface area contributed by atoms with E-state index in [2.05, 4.69) is 11.1 Å².